The summed E-state index contributed by atoms with van der Waals surface area (Å²) in [6.45, 7) is 5.30. The van der Waals surface area contributed by atoms with Crippen molar-refractivity contribution in [1.29, 1.82) is 0 Å². The summed E-state index contributed by atoms with van der Waals surface area (Å²) in [6, 6.07) is 2.25. The molecule has 1 amide bonds. The Balaban J connectivity index is 2.88. The molecule has 0 aliphatic rings. The molecule has 0 spiro atoms. The number of ether oxygens (including phenoxy) is 1. The zero-order valence-electron chi connectivity index (χ0n) is 13.8. The Morgan fingerprint density at radius 3 is 2.57 bits per heavy atom. The van der Waals surface area contributed by atoms with Gasteiger partial charge in [-0.05, 0) is 58.0 Å². The number of aliphatic hydroxyl groups excluding tert-OH is 1. The van der Waals surface area contributed by atoms with Gasteiger partial charge in [0, 0.05) is 6.54 Å². The second-order valence-electron chi connectivity index (χ2n) is 6.32. The third-order valence-electron chi connectivity index (χ3n) is 3.03. The van der Waals surface area contributed by atoms with Crippen molar-refractivity contribution in [1.82, 2.24) is 10.6 Å². The van der Waals surface area contributed by atoms with Crippen LogP contribution in [0, 0.1) is 11.6 Å². The molecule has 0 bridgehead atoms. The summed E-state index contributed by atoms with van der Waals surface area (Å²) in [5.74, 6) is -1.18. The smallest absolute Gasteiger partial charge is 0.407 e. The molecule has 1 rings (SSSR count). The van der Waals surface area contributed by atoms with Gasteiger partial charge in [0.1, 0.15) is 17.2 Å². The van der Waals surface area contributed by atoms with Crippen molar-refractivity contribution in [3.8, 4) is 0 Å². The van der Waals surface area contributed by atoms with Crippen LogP contribution in [0.5, 0.6) is 0 Å². The van der Waals surface area contributed by atoms with Gasteiger partial charge in [-0.3, -0.25) is 0 Å². The first-order valence-corrected chi connectivity index (χ1v) is 7.38. The predicted octanol–water partition coefficient (Wildman–Crippen LogP) is 1.98. The molecular weight excluding hydrogens is 306 g/mol. The molecule has 0 saturated heterocycles. The lowest BCUT2D eigenvalue weighted by atomic mass is 10.0. The molecule has 23 heavy (non-hydrogen) atoms. The largest absolute Gasteiger partial charge is 0.444 e. The van der Waals surface area contributed by atoms with Crippen molar-refractivity contribution in [3.63, 3.8) is 0 Å². The normalized spacial score (nSPS) is 14.2. The summed E-state index contributed by atoms with van der Waals surface area (Å²) >= 11 is 0. The first-order chi connectivity index (χ1) is 10.6. The molecule has 0 fully saturated rings. The van der Waals surface area contributed by atoms with E-state index in [1.54, 1.807) is 27.8 Å². The van der Waals surface area contributed by atoms with Crippen LogP contribution in [-0.4, -0.2) is 42.5 Å². The quantitative estimate of drug-likeness (QED) is 0.746. The van der Waals surface area contributed by atoms with E-state index in [-0.39, 0.29) is 18.5 Å². The zero-order valence-corrected chi connectivity index (χ0v) is 13.8. The zero-order chi connectivity index (χ0) is 17.6. The van der Waals surface area contributed by atoms with Gasteiger partial charge in [0.25, 0.3) is 0 Å². The molecule has 2 atom stereocenters. The highest BCUT2D eigenvalue weighted by molar-refractivity contribution is 5.68. The summed E-state index contributed by atoms with van der Waals surface area (Å²) in [4.78, 5) is 11.9. The van der Waals surface area contributed by atoms with Crippen molar-refractivity contribution in [2.24, 2.45) is 0 Å². The van der Waals surface area contributed by atoms with Crippen LogP contribution in [0.2, 0.25) is 0 Å². The number of aliphatic hydroxyl groups is 1. The second-order valence-corrected chi connectivity index (χ2v) is 6.32. The van der Waals surface area contributed by atoms with E-state index in [2.05, 4.69) is 10.6 Å². The van der Waals surface area contributed by atoms with Gasteiger partial charge in [0.2, 0.25) is 0 Å². The van der Waals surface area contributed by atoms with Gasteiger partial charge in [0.05, 0.1) is 12.1 Å². The fourth-order valence-electron chi connectivity index (χ4n) is 2.03. The number of hydrogen-bond acceptors (Lipinski definition) is 4. The lowest BCUT2D eigenvalue weighted by Crippen LogP contribution is -2.49. The van der Waals surface area contributed by atoms with Crippen LogP contribution in [0.3, 0.4) is 0 Å². The molecule has 0 saturated carbocycles. The van der Waals surface area contributed by atoms with E-state index < -0.39 is 35.5 Å². The molecule has 0 aliphatic carbocycles. The Kier molecular flexibility index (Phi) is 6.90. The van der Waals surface area contributed by atoms with Crippen molar-refractivity contribution in [2.75, 3.05) is 13.6 Å². The highest BCUT2D eigenvalue weighted by Gasteiger charge is 2.25. The maximum absolute atomic E-state index is 13.8. The number of benzene rings is 1. The first-order valence-electron chi connectivity index (χ1n) is 7.38. The molecule has 0 aromatic heterocycles. The van der Waals surface area contributed by atoms with E-state index in [9.17, 15) is 18.7 Å². The Labute approximate surface area is 135 Å². The molecule has 0 aliphatic heterocycles. The summed E-state index contributed by atoms with van der Waals surface area (Å²) in [7, 11) is 1.64. The maximum Gasteiger partial charge on any atom is 0.407 e. The minimum atomic E-state index is -0.991. The second kappa shape index (κ2) is 8.21. The fourth-order valence-corrected chi connectivity index (χ4v) is 2.03. The highest BCUT2D eigenvalue weighted by atomic mass is 19.1. The molecule has 0 heterocycles. The summed E-state index contributed by atoms with van der Waals surface area (Å²) in [6.07, 6.45) is -1.78. The van der Waals surface area contributed by atoms with Crippen LogP contribution < -0.4 is 10.6 Å². The molecule has 1 aromatic rings. The average Bonchev–Trinajstić information content (AvgIpc) is 2.40. The molecule has 7 heteroatoms. The van der Waals surface area contributed by atoms with Crippen molar-refractivity contribution >= 4 is 6.09 Å². The van der Waals surface area contributed by atoms with E-state index >= 15 is 0 Å². The molecule has 130 valence electrons. The van der Waals surface area contributed by atoms with Crippen LogP contribution >= 0.6 is 0 Å². The minimum Gasteiger partial charge on any atom is -0.444 e. The summed E-state index contributed by atoms with van der Waals surface area (Å²) in [5.41, 5.74) is -0.631. The Morgan fingerprint density at radius 2 is 2.00 bits per heavy atom. The van der Waals surface area contributed by atoms with Gasteiger partial charge >= 0.3 is 6.09 Å². The van der Waals surface area contributed by atoms with Gasteiger partial charge in [-0.1, -0.05) is 0 Å². The topological polar surface area (TPSA) is 70.6 Å². The third-order valence-corrected chi connectivity index (χ3v) is 3.03. The fraction of sp³-hybridized carbons (Fsp3) is 0.562. The predicted molar refractivity (Wildman–Crippen MR) is 83.2 cm³/mol. The monoisotopic (exact) mass is 330 g/mol. The molecule has 0 unspecified atom stereocenters. The van der Waals surface area contributed by atoms with Gasteiger partial charge in [0.15, 0.2) is 0 Å². The number of halogens is 2. The van der Waals surface area contributed by atoms with E-state index in [0.29, 0.717) is 0 Å². The molecule has 3 N–H and O–H groups in total. The van der Waals surface area contributed by atoms with Gasteiger partial charge in [-0.15, -0.1) is 0 Å². The highest BCUT2D eigenvalue weighted by Crippen LogP contribution is 2.14. The van der Waals surface area contributed by atoms with Crippen LogP contribution in [0.25, 0.3) is 0 Å². The number of carbonyl (C=O) groups is 1. The van der Waals surface area contributed by atoms with Crippen LogP contribution in [0.1, 0.15) is 26.3 Å². The number of alkyl carbamates (subject to hydrolysis) is 1. The average molecular weight is 330 g/mol. The molecule has 0 radical (unpaired) electrons. The van der Waals surface area contributed by atoms with Crippen LogP contribution in [0.15, 0.2) is 18.2 Å². The van der Waals surface area contributed by atoms with Crippen molar-refractivity contribution < 1.29 is 23.4 Å². The maximum atomic E-state index is 13.8. The minimum absolute atomic E-state index is 0.0638. The van der Waals surface area contributed by atoms with Crippen molar-refractivity contribution in [3.05, 3.63) is 35.4 Å². The third kappa shape index (κ3) is 6.92. The van der Waals surface area contributed by atoms with Gasteiger partial charge in [-0.2, -0.15) is 0 Å². The standard InChI is InChI=1S/C16H24F2N2O3/c1-16(2,3)23-15(22)20-13(14(21)9-19-4)8-10-7-11(17)5-6-12(10)18/h5-7,13-14,19,21H,8-9H2,1-4H3,(H,20,22)/t13-,14-/m1/s1. The lowest BCUT2D eigenvalue weighted by molar-refractivity contribution is 0.0423. The number of nitrogens with one attached hydrogen (secondary N) is 2. The molecule has 5 nitrogen and oxygen atoms in total. The number of carbonyl (C=O) groups excluding carboxylic acids is 1. The summed E-state index contributed by atoms with van der Waals surface area (Å²) < 4.78 is 32.2. The number of rotatable bonds is 6. The van der Waals surface area contributed by atoms with Gasteiger partial charge in [-0.25, -0.2) is 13.6 Å². The van der Waals surface area contributed by atoms with E-state index in [1.165, 1.54) is 0 Å². The van der Waals surface area contributed by atoms with E-state index in [0.717, 1.165) is 18.2 Å². The van der Waals surface area contributed by atoms with Crippen molar-refractivity contribution in [2.45, 2.75) is 44.9 Å². The number of hydrogen-bond donors (Lipinski definition) is 3. The molecule has 1 aromatic carbocycles. The molecular formula is C16H24F2N2O3. The van der Waals surface area contributed by atoms with E-state index in [4.69, 9.17) is 4.74 Å². The van der Waals surface area contributed by atoms with Crippen LogP contribution in [0.4, 0.5) is 13.6 Å². The van der Waals surface area contributed by atoms with Gasteiger partial charge < -0.3 is 20.5 Å². The Bertz CT molecular complexity index is 533. The summed E-state index contributed by atoms with van der Waals surface area (Å²) in [5, 5.41) is 15.4. The SMILES string of the molecule is CNC[C@@H](O)[C@@H](Cc1cc(F)ccc1F)NC(=O)OC(C)(C)C. The Morgan fingerprint density at radius 1 is 1.35 bits per heavy atom. The lowest BCUT2D eigenvalue weighted by Gasteiger charge is -2.27. The number of likely N-dealkylation sites (N-methyl/N-ethyl adjacent to an activating group) is 1. The van der Waals surface area contributed by atoms with Crippen LogP contribution in [-0.2, 0) is 11.2 Å². The Hall–Kier alpha value is -1.73. The number of amides is 1. The van der Waals surface area contributed by atoms with E-state index in [1.807, 2.05) is 0 Å². The first kappa shape index (κ1) is 19.3.